The summed E-state index contributed by atoms with van der Waals surface area (Å²) in [6, 6.07) is 13.2. The molecule has 3 N–H and O–H groups in total. The van der Waals surface area contributed by atoms with E-state index >= 15 is 0 Å². The van der Waals surface area contributed by atoms with Gasteiger partial charge in [0.15, 0.2) is 0 Å². The van der Waals surface area contributed by atoms with E-state index in [4.69, 9.17) is 26.8 Å². The quantitative estimate of drug-likeness (QED) is 0.722. The van der Waals surface area contributed by atoms with Gasteiger partial charge in [-0.15, -0.1) is 12.4 Å². The molecule has 2 aromatic carbocycles. The minimum absolute atomic E-state index is 0. The second-order valence-electron chi connectivity index (χ2n) is 6.95. The van der Waals surface area contributed by atoms with E-state index in [1.54, 1.807) is 0 Å². The van der Waals surface area contributed by atoms with Gasteiger partial charge in [-0.05, 0) is 61.2 Å². The largest absolute Gasteiger partial charge is 0.489 e. The van der Waals surface area contributed by atoms with Crippen molar-refractivity contribution in [2.45, 2.75) is 26.4 Å². The number of amides is 1. The topological polar surface area (TPSA) is 73.6 Å². The first-order chi connectivity index (χ1) is 13.0. The van der Waals surface area contributed by atoms with E-state index in [2.05, 4.69) is 5.32 Å². The standard InChI is InChI=1S/C21H25ClN2O3.ClH/c1-15-11-18(27-13-16-3-2-4-17(22)12-16)5-6-19(15)24-20(25)21(14-23)7-9-26-10-8-21;/h2-6,11-12H,7-10,13-14,23H2,1H3,(H,24,25);1H. The Bertz CT molecular complexity index is 808. The number of ether oxygens (including phenoxy) is 2. The molecule has 1 amide bonds. The summed E-state index contributed by atoms with van der Waals surface area (Å²) < 4.78 is 11.2. The number of halogens is 2. The van der Waals surface area contributed by atoms with Crippen LogP contribution in [0.1, 0.15) is 24.0 Å². The first kappa shape index (κ1) is 22.5. The molecule has 0 bridgehead atoms. The molecule has 2 aromatic rings. The monoisotopic (exact) mass is 424 g/mol. The number of hydrogen-bond acceptors (Lipinski definition) is 4. The number of carbonyl (C=O) groups is 1. The number of aryl methyl sites for hydroxylation is 1. The maximum atomic E-state index is 12.8. The molecule has 3 rings (SSSR count). The average Bonchev–Trinajstić information content (AvgIpc) is 2.68. The zero-order valence-corrected chi connectivity index (χ0v) is 17.4. The van der Waals surface area contributed by atoms with Crippen LogP contribution in [0.15, 0.2) is 42.5 Å². The van der Waals surface area contributed by atoms with Crippen LogP contribution in [-0.2, 0) is 16.1 Å². The Morgan fingerprint density at radius 1 is 1.25 bits per heavy atom. The van der Waals surface area contributed by atoms with Crippen molar-refractivity contribution in [1.82, 2.24) is 0 Å². The Labute approximate surface area is 177 Å². The lowest BCUT2D eigenvalue weighted by Gasteiger charge is -2.34. The lowest BCUT2D eigenvalue weighted by molar-refractivity contribution is -0.130. The highest BCUT2D eigenvalue weighted by Crippen LogP contribution is 2.32. The van der Waals surface area contributed by atoms with Crippen LogP contribution in [0.3, 0.4) is 0 Å². The van der Waals surface area contributed by atoms with Crippen molar-refractivity contribution in [2.75, 3.05) is 25.1 Å². The van der Waals surface area contributed by atoms with Crippen molar-refractivity contribution in [2.24, 2.45) is 11.1 Å². The average molecular weight is 425 g/mol. The van der Waals surface area contributed by atoms with Gasteiger partial charge in [-0.2, -0.15) is 0 Å². The van der Waals surface area contributed by atoms with E-state index in [0.717, 1.165) is 22.6 Å². The van der Waals surface area contributed by atoms with Crippen LogP contribution in [0.5, 0.6) is 5.75 Å². The van der Waals surface area contributed by atoms with E-state index < -0.39 is 5.41 Å². The molecule has 1 saturated heterocycles. The fourth-order valence-electron chi connectivity index (χ4n) is 3.20. The number of nitrogens with one attached hydrogen (secondary N) is 1. The Kier molecular flexibility index (Phi) is 8.13. The highest BCUT2D eigenvalue weighted by Gasteiger charge is 2.38. The molecule has 28 heavy (non-hydrogen) atoms. The van der Waals surface area contributed by atoms with Crippen LogP contribution < -0.4 is 15.8 Å². The van der Waals surface area contributed by atoms with Crippen molar-refractivity contribution in [1.29, 1.82) is 0 Å². The van der Waals surface area contributed by atoms with Gasteiger partial charge in [0.2, 0.25) is 5.91 Å². The number of anilines is 1. The maximum absolute atomic E-state index is 12.8. The van der Waals surface area contributed by atoms with Gasteiger partial charge in [0, 0.05) is 30.5 Å². The van der Waals surface area contributed by atoms with Crippen LogP contribution in [0.25, 0.3) is 0 Å². The molecular formula is C21H26Cl2N2O3. The summed E-state index contributed by atoms with van der Waals surface area (Å²) in [7, 11) is 0. The van der Waals surface area contributed by atoms with Gasteiger partial charge in [0.25, 0.3) is 0 Å². The van der Waals surface area contributed by atoms with Crippen molar-refractivity contribution in [3.63, 3.8) is 0 Å². The fraction of sp³-hybridized carbons (Fsp3) is 0.381. The van der Waals surface area contributed by atoms with Gasteiger partial charge in [0.1, 0.15) is 12.4 Å². The summed E-state index contributed by atoms with van der Waals surface area (Å²) in [5.41, 5.74) is 8.08. The Morgan fingerprint density at radius 2 is 2.00 bits per heavy atom. The normalized spacial score (nSPS) is 15.4. The van der Waals surface area contributed by atoms with E-state index in [-0.39, 0.29) is 18.3 Å². The Hall–Kier alpha value is -1.79. The SMILES string of the molecule is Cc1cc(OCc2cccc(Cl)c2)ccc1NC(=O)C1(CN)CCOCC1.Cl. The van der Waals surface area contributed by atoms with Crippen LogP contribution in [-0.4, -0.2) is 25.7 Å². The molecule has 1 aliphatic rings. The van der Waals surface area contributed by atoms with Gasteiger partial charge in [-0.25, -0.2) is 0 Å². The second-order valence-corrected chi connectivity index (χ2v) is 7.38. The molecule has 1 aliphatic heterocycles. The van der Waals surface area contributed by atoms with Crippen molar-refractivity contribution >= 4 is 35.6 Å². The third-order valence-corrected chi connectivity index (χ3v) is 5.30. The molecule has 0 unspecified atom stereocenters. The molecule has 1 heterocycles. The van der Waals surface area contributed by atoms with Crippen molar-refractivity contribution < 1.29 is 14.3 Å². The summed E-state index contributed by atoms with van der Waals surface area (Å²) >= 11 is 6.00. The van der Waals surface area contributed by atoms with Crippen molar-refractivity contribution in [3.8, 4) is 5.75 Å². The third kappa shape index (κ3) is 5.39. The molecule has 0 atom stereocenters. The predicted octanol–water partition coefficient (Wildman–Crippen LogP) is 4.34. The molecule has 5 nitrogen and oxygen atoms in total. The molecule has 0 radical (unpaired) electrons. The predicted molar refractivity (Wildman–Crippen MR) is 114 cm³/mol. The van der Waals surface area contributed by atoms with E-state index in [0.29, 0.717) is 44.2 Å². The van der Waals surface area contributed by atoms with Crippen LogP contribution in [0, 0.1) is 12.3 Å². The number of hydrogen-bond donors (Lipinski definition) is 2. The van der Waals surface area contributed by atoms with Crippen LogP contribution in [0.4, 0.5) is 5.69 Å². The second kappa shape index (κ2) is 10.1. The highest BCUT2D eigenvalue weighted by atomic mass is 35.5. The number of benzene rings is 2. The molecule has 0 spiro atoms. The fourth-order valence-corrected chi connectivity index (χ4v) is 3.41. The zero-order valence-electron chi connectivity index (χ0n) is 15.9. The lowest BCUT2D eigenvalue weighted by Crippen LogP contribution is -2.46. The molecule has 0 aromatic heterocycles. The number of nitrogens with two attached hydrogens (primary N) is 1. The summed E-state index contributed by atoms with van der Waals surface area (Å²) in [6.07, 6.45) is 1.30. The first-order valence-electron chi connectivity index (χ1n) is 9.10. The van der Waals surface area contributed by atoms with Gasteiger partial charge in [0.05, 0.1) is 5.41 Å². The molecular weight excluding hydrogens is 399 g/mol. The molecule has 7 heteroatoms. The van der Waals surface area contributed by atoms with Crippen LogP contribution >= 0.6 is 24.0 Å². The molecule has 0 saturated carbocycles. The summed E-state index contributed by atoms with van der Waals surface area (Å²) in [5, 5.41) is 3.72. The molecule has 0 aliphatic carbocycles. The molecule has 152 valence electrons. The number of rotatable bonds is 6. The maximum Gasteiger partial charge on any atom is 0.232 e. The highest BCUT2D eigenvalue weighted by molar-refractivity contribution is 6.30. The van der Waals surface area contributed by atoms with Gasteiger partial charge < -0.3 is 20.5 Å². The van der Waals surface area contributed by atoms with E-state index in [9.17, 15) is 4.79 Å². The molecule has 1 fully saturated rings. The van der Waals surface area contributed by atoms with Gasteiger partial charge in [-0.3, -0.25) is 4.79 Å². The lowest BCUT2D eigenvalue weighted by atomic mass is 9.79. The van der Waals surface area contributed by atoms with Crippen LogP contribution in [0.2, 0.25) is 5.02 Å². The first-order valence-corrected chi connectivity index (χ1v) is 9.47. The third-order valence-electron chi connectivity index (χ3n) is 5.06. The minimum Gasteiger partial charge on any atom is -0.489 e. The smallest absolute Gasteiger partial charge is 0.232 e. The van der Waals surface area contributed by atoms with Gasteiger partial charge in [-0.1, -0.05) is 23.7 Å². The van der Waals surface area contributed by atoms with E-state index in [1.165, 1.54) is 0 Å². The summed E-state index contributed by atoms with van der Waals surface area (Å²) in [6.45, 7) is 3.84. The number of carbonyl (C=O) groups excluding carboxylic acids is 1. The zero-order chi connectivity index (χ0) is 19.3. The summed E-state index contributed by atoms with van der Waals surface area (Å²) in [5.74, 6) is 0.703. The van der Waals surface area contributed by atoms with E-state index in [1.807, 2.05) is 49.4 Å². The minimum atomic E-state index is -0.549. The summed E-state index contributed by atoms with van der Waals surface area (Å²) in [4.78, 5) is 12.8. The Balaban J connectivity index is 0.00000280. The van der Waals surface area contributed by atoms with Crippen molar-refractivity contribution in [3.05, 3.63) is 58.6 Å². The van der Waals surface area contributed by atoms with Gasteiger partial charge >= 0.3 is 0 Å². The Morgan fingerprint density at radius 3 is 2.64 bits per heavy atom.